The minimum Gasteiger partial charge on any atom is -0.391 e. The molecule has 2 aromatic rings. The smallest absolute Gasteiger partial charge is 0.190 e. The Labute approximate surface area is 112 Å². The molecule has 0 fully saturated rings. The van der Waals surface area contributed by atoms with Gasteiger partial charge in [0.25, 0.3) is 0 Å². The summed E-state index contributed by atoms with van der Waals surface area (Å²) >= 11 is 1.58. The van der Waals surface area contributed by atoms with E-state index in [0.717, 1.165) is 34.4 Å². The average molecular weight is 262 g/mol. The topological polar surface area (TPSA) is 36.4 Å². The Morgan fingerprint density at radius 3 is 2.44 bits per heavy atom. The van der Waals surface area contributed by atoms with Crippen LogP contribution in [0.3, 0.4) is 0 Å². The Hall–Kier alpha value is -1.39. The monoisotopic (exact) mass is 262 g/mol. The molecule has 4 heteroatoms. The van der Waals surface area contributed by atoms with Crippen LogP contribution in [0.5, 0.6) is 0 Å². The molecule has 0 saturated heterocycles. The number of hydrogen-bond acceptors (Lipinski definition) is 4. The van der Waals surface area contributed by atoms with Crippen LogP contribution in [-0.2, 0) is 13.0 Å². The number of hydrogen-bond donors (Lipinski definition) is 1. The van der Waals surface area contributed by atoms with Crippen molar-refractivity contribution in [2.24, 2.45) is 0 Å². The Kier molecular flexibility index (Phi) is 4.33. The van der Waals surface area contributed by atoms with E-state index in [0.29, 0.717) is 0 Å². The summed E-state index contributed by atoms with van der Waals surface area (Å²) in [4.78, 5) is 7.78. The van der Waals surface area contributed by atoms with E-state index in [4.69, 9.17) is 0 Å². The average Bonchev–Trinajstić information content (AvgIpc) is 2.84. The molecule has 0 amide bonds. The molecule has 1 heterocycles. The van der Waals surface area contributed by atoms with Gasteiger partial charge in [0.2, 0.25) is 0 Å². The molecule has 3 nitrogen and oxygen atoms in total. The summed E-state index contributed by atoms with van der Waals surface area (Å²) in [5.74, 6) is 0. The summed E-state index contributed by atoms with van der Waals surface area (Å²) in [7, 11) is 0. The molecular formula is C14H18N2OS. The van der Waals surface area contributed by atoms with Crippen LogP contribution in [0.15, 0.2) is 30.3 Å². The Morgan fingerprint density at radius 2 is 1.94 bits per heavy atom. The zero-order valence-corrected chi connectivity index (χ0v) is 11.6. The van der Waals surface area contributed by atoms with Crippen LogP contribution in [0.2, 0.25) is 0 Å². The highest BCUT2D eigenvalue weighted by Crippen LogP contribution is 2.31. The maximum atomic E-state index is 9.34. The van der Waals surface area contributed by atoms with Crippen LogP contribution in [0.25, 0.3) is 0 Å². The van der Waals surface area contributed by atoms with Gasteiger partial charge in [-0.15, -0.1) is 0 Å². The van der Waals surface area contributed by atoms with E-state index < -0.39 is 0 Å². The number of nitrogens with zero attached hydrogens (tertiary/aromatic N) is 2. The van der Waals surface area contributed by atoms with Gasteiger partial charge in [-0.25, -0.2) is 4.98 Å². The van der Waals surface area contributed by atoms with Crippen molar-refractivity contribution in [1.29, 1.82) is 0 Å². The van der Waals surface area contributed by atoms with E-state index in [1.165, 1.54) is 0 Å². The summed E-state index contributed by atoms with van der Waals surface area (Å²) in [5.41, 5.74) is 2.15. The number of para-hydroxylation sites is 1. The molecule has 0 saturated carbocycles. The molecule has 96 valence electrons. The molecule has 0 aliphatic rings. The highest BCUT2D eigenvalue weighted by molar-refractivity contribution is 7.15. The van der Waals surface area contributed by atoms with E-state index in [1.54, 1.807) is 11.3 Å². The fraction of sp³-hybridized carbons (Fsp3) is 0.357. The van der Waals surface area contributed by atoms with Crippen molar-refractivity contribution in [3.63, 3.8) is 0 Å². The normalized spacial score (nSPS) is 10.6. The van der Waals surface area contributed by atoms with E-state index in [9.17, 15) is 5.11 Å². The van der Waals surface area contributed by atoms with Gasteiger partial charge in [-0.1, -0.05) is 36.5 Å². The molecule has 0 aliphatic heterocycles. The van der Waals surface area contributed by atoms with Gasteiger partial charge in [-0.05, 0) is 25.5 Å². The molecule has 0 spiro atoms. The van der Waals surface area contributed by atoms with Crippen molar-refractivity contribution in [3.8, 4) is 0 Å². The zero-order valence-electron chi connectivity index (χ0n) is 10.8. The van der Waals surface area contributed by atoms with Crippen molar-refractivity contribution in [2.45, 2.75) is 26.9 Å². The number of aliphatic hydroxyl groups is 1. The highest BCUT2D eigenvalue weighted by atomic mass is 32.1. The molecule has 0 radical (unpaired) electrons. The Bertz CT molecular complexity index is 474. The molecule has 1 aromatic heterocycles. The number of thiazole rings is 1. The second kappa shape index (κ2) is 5.98. The lowest BCUT2D eigenvalue weighted by molar-refractivity contribution is 0.284. The van der Waals surface area contributed by atoms with E-state index >= 15 is 0 Å². The summed E-state index contributed by atoms with van der Waals surface area (Å²) in [6, 6.07) is 10.2. The number of anilines is 2. The molecule has 0 unspecified atom stereocenters. The maximum absolute atomic E-state index is 9.34. The molecular weight excluding hydrogens is 244 g/mol. The highest BCUT2D eigenvalue weighted by Gasteiger charge is 2.15. The Balaban J connectivity index is 2.36. The van der Waals surface area contributed by atoms with Gasteiger partial charge in [0.05, 0.1) is 17.2 Å². The van der Waals surface area contributed by atoms with Crippen molar-refractivity contribution in [2.75, 3.05) is 11.4 Å². The first-order valence-corrected chi connectivity index (χ1v) is 7.03. The van der Waals surface area contributed by atoms with Crippen molar-refractivity contribution < 1.29 is 5.11 Å². The van der Waals surface area contributed by atoms with Crippen LogP contribution in [0.1, 0.15) is 24.4 Å². The summed E-state index contributed by atoms with van der Waals surface area (Å²) < 4.78 is 0. The first-order valence-electron chi connectivity index (χ1n) is 6.22. The van der Waals surface area contributed by atoms with Crippen LogP contribution in [0, 0.1) is 0 Å². The second-order valence-corrected chi connectivity index (χ2v) is 5.02. The Morgan fingerprint density at radius 1 is 1.22 bits per heavy atom. The molecule has 18 heavy (non-hydrogen) atoms. The summed E-state index contributed by atoms with van der Waals surface area (Å²) in [6.45, 7) is 5.12. The number of benzene rings is 1. The third-order valence-corrected chi connectivity index (χ3v) is 3.97. The largest absolute Gasteiger partial charge is 0.391 e. The van der Waals surface area contributed by atoms with Gasteiger partial charge < -0.3 is 10.0 Å². The summed E-state index contributed by atoms with van der Waals surface area (Å²) in [5, 5.41) is 10.3. The molecule has 0 atom stereocenters. The molecule has 1 N–H and O–H groups in total. The lowest BCUT2D eigenvalue weighted by Crippen LogP contribution is -2.15. The minimum atomic E-state index is 0.0766. The minimum absolute atomic E-state index is 0.0766. The number of aryl methyl sites for hydroxylation is 1. The predicted octanol–water partition coefficient (Wildman–Crippen LogP) is 3.36. The lowest BCUT2D eigenvalue weighted by atomic mass is 10.3. The van der Waals surface area contributed by atoms with Crippen LogP contribution in [-0.4, -0.2) is 16.6 Å². The van der Waals surface area contributed by atoms with Gasteiger partial charge in [-0.2, -0.15) is 0 Å². The van der Waals surface area contributed by atoms with Crippen molar-refractivity contribution in [1.82, 2.24) is 4.98 Å². The van der Waals surface area contributed by atoms with Crippen LogP contribution in [0.4, 0.5) is 10.8 Å². The number of aliphatic hydroxyl groups excluding tert-OH is 1. The predicted molar refractivity (Wildman–Crippen MR) is 76.5 cm³/mol. The maximum Gasteiger partial charge on any atom is 0.190 e. The SMILES string of the molecule is CCc1nc(N(CC)c2ccccc2)sc1CO. The molecule has 0 bridgehead atoms. The van der Waals surface area contributed by atoms with Gasteiger partial charge in [0.1, 0.15) is 0 Å². The molecule has 2 rings (SSSR count). The van der Waals surface area contributed by atoms with Gasteiger partial charge >= 0.3 is 0 Å². The molecule has 0 aliphatic carbocycles. The lowest BCUT2D eigenvalue weighted by Gasteiger charge is -2.19. The first-order chi connectivity index (χ1) is 8.80. The molecule has 1 aromatic carbocycles. The van der Waals surface area contributed by atoms with Crippen LogP contribution >= 0.6 is 11.3 Å². The first kappa shape index (κ1) is 13.1. The van der Waals surface area contributed by atoms with E-state index in [2.05, 4.69) is 35.9 Å². The fourth-order valence-electron chi connectivity index (χ4n) is 1.92. The standard InChI is InChI=1S/C14H18N2OS/c1-3-12-13(10-17)18-14(15-12)16(4-2)11-8-6-5-7-9-11/h5-9,17H,3-4,10H2,1-2H3. The van der Waals surface area contributed by atoms with E-state index in [-0.39, 0.29) is 6.61 Å². The fourth-order valence-corrected chi connectivity index (χ4v) is 3.01. The quantitative estimate of drug-likeness (QED) is 0.897. The zero-order chi connectivity index (χ0) is 13.0. The summed E-state index contributed by atoms with van der Waals surface area (Å²) in [6.07, 6.45) is 0.860. The number of rotatable bonds is 5. The van der Waals surface area contributed by atoms with Crippen molar-refractivity contribution >= 4 is 22.2 Å². The number of aromatic nitrogens is 1. The van der Waals surface area contributed by atoms with Crippen molar-refractivity contribution in [3.05, 3.63) is 40.9 Å². The second-order valence-electron chi connectivity index (χ2n) is 3.96. The van der Waals surface area contributed by atoms with Gasteiger partial charge in [0.15, 0.2) is 5.13 Å². The third kappa shape index (κ3) is 2.54. The third-order valence-electron chi connectivity index (χ3n) is 2.86. The van der Waals surface area contributed by atoms with Gasteiger partial charge in [-0.3, -0.25) is 0 Å². The van der Waals surface area contributed by atoms with Gasteiger partial charge in [0, 0.05) is 12.2 Å². The van der Waals surface area contributed by atoms with E-state index in [1.807, 2.05) is 18.2 Å². The van der Waals surface area contributed by atoms with Crippen LogP contribution < -0.4 is 4.90 Å².